The van der Waals surface area contributed by atoms with Gasteiger partial charge in [-0.05, 0) is 45.9 Å². The molecule has 12 nitrogen and oxygen atoms in total. The normalized spacial score (nSPS) is 19.9. The monoisotopic (exact) mass is 403 g/mol. The van der Waals surface area contributed by atoms with Crippen LogP contribution in [-0.2, 0) is 4.79 Å². The van der Waals surface area contributed by atoms with Crippen LogP contribution in [0.4, 0.5) is 11.4 Å². The number of nitrogens with one attached hydrogen (secondary N) is 1. The third-order valence-electron chi connectivity index (χ3n) is 3.92. The number of nitrogens with two attached hydrogens (primary N) is 1. The summed E-state index contributed by atoms with van der Waals surface area (Å²) in [5, 5.41) is 28.8. The Bertz CT molecular complexity index is 914. The molecular formula is C17H21N7O5. The fourth-order valence-electron chi connectivity index (χ4n) is 2.84. The molecule has 0 radical (unpaired) electrons. The third-order valence-corrected chi connectivity index (χ3v) is 3.92. The quantitative estimate of drug-likeness (QED) is 0.569. The van der Waals surface area contributed by atoms with Crippen LogP contribution in [0.5, 0.6) is 0 Å². The van der Waals surface area contributed by atoms with Crippen LogP contribution in [0.25, 0.3) is 0 Å². The first-order valence-electron chi connectivity index (χ1n) is 8.50. The average Bonchev–Trinajstić information content (AvgIpc) is 2.87. The summed E-state index contributed by atoms with van der Waals surface area (Å²) in [5.41, 5.74) is 6.62. The number of hydrogen-bond acceptors (Lipinski definition) is 9. The lowest BCUT2D eigenvalue weighted by Crippen LogP contribution is -2.38. The lowest BCUT2D eigenvalue weighted by atomic mass is 10.0. The van der Waals surface area contributed by atoms with Crippen LogP contribution in [0.3, 0.4) is 0 Å². The Kier molecular flexibility index (Phi) is 5.95. The van der Waals surface area contributed by atoms with Gasteiger partial charge in [-0.25, -0.2) is 4.99 Å². The summed E-state index contributed by atoms with van der Waals surface area (Å²) >= 11 is 0. The maximum atomic E-state index is 11.8. The summed E-state index contributed by atoms with van der Waals surface area (Å²) in [5.74, 6) is -0.277. The van der Waals surface area contributed by atoms with Crippen molar-refractivity contribution < 1.29 is 14.6 Å². The fourth-order valence-corrected chi connectivity index (χ4v) is 2.84. The standard InChI is InChI=1S/C10H8N4O5.C7H13N3/c1-6-9(14(18)19)10(15)12(11-6)7-2-4-8(5-3-7)13(16)17;1-5-4-7(2,3)10-6(8)9-5/h2-5,9H,1H3;4H,1-3H3,(H3,8,9,10). The maximum Gasteiger partial charge on any atom is 0.331 e. The molecule has 0 saturated carbocycles. The average molecular weight is 403 g/mol. The van der Waals surface area contributed by atoms with Crippen molar-refractivity contribution in [2.24, 2.45) is 15.8 Å². The van der Waals surface area contributed by atoms with Crippen molar-refractivity contribution >= 4 is 29.0 Å². The zero-order valence-corrected chi connectivity index (χ0v) is 16.3. The van der Waals surface area contributed by atoms with Crippen LogP contribution >= 0.6 is 0 Å². The van der Waals surface area contributed by atoms with Crippen LogP contribution < -0.4 is 16.1 Å². The fraction of sp³-hybridized carbons (Fsp3) is 0.353. The molecule has 3 N–H and O–H groups in total. The molecule has 0 spiro atoms. The molecular weight excluding hydrogens is 382 g/mol. The molecule has 29 heavy (non-hydrogen) atoms. The topological polar surface area (TPSA) is 169 Å². The van der Waals surface area contributed by atoms with Crippen LogP contribution in [0.1, 0.15) is 27.7 Å². The Labute approximate surface area is 166 Å². The summed E-state index contributed by atoms with van der Waals surface area (Å²) in [6.45, 7) is 7.40. The number of nitro benzene ring substituents is 1. The summed E-state index contributed by atoms with van der Waals surface area (Å²) < 4.78 is 0. The molecule has 0 aromatic heterocycles. The van der Waals surface area contributed by atoms with Crippen molar-refractivity contribution in [3.05, 3.63) is 56.3 Å². The number of amides is 1. The summed E-state index contributed by atoms with van der Waals surface area (Å²) in [4.78, 5) is 35.9. The number of aliphatic imine (C=N–C) groups is 1. The molecule has 0 saturated heterocycles. The van der Waals surface area contributed by atoms with E-state index in [-0.39, 0.29) is 22.6 Å². The van der Waals surface area contributed by atoms with E-state index in [9.17, 15) is 25.0 Å². The molecule has 0 fully saturated rings. The highest BCUT2D eigenvalue weighted by molar-refractivity contribution is 6.16. The highest BCUT2D eigenvalue weighted by Gasteiger charge is 2.43. The second-order valence-electron chi connectivity index (χ2n) is 6.96. The van der Waals surface area contributed by atoms with Crippen LogP contribution in [0, 0.1) is 20.2 Å². The van der Waals surface area contributed by atoms with Gasteiger partial charge in [0, 0.05) is 22.8 Å². The zero-order chi connectivity index (χ0) is 21.9. The molecule has 0 aliphatic carbocycles. The zero-order valence-electron chi connectivity index (χ0n) is 16.3. The Morgan fingerprint density at radius 1 is 1.17 bits per heavy atom. The minimum atomic E-state index is -1.49. The van der Waals surface area contributed by atoms with E-state index in [0.29, 0.717) is 5.96 Å². The maximum absolute atomic E-state index is 11.8. The number of allylic oxidation sites excluding steroid dienone is 1. The summed E-state index contributed by atoms with van der Waals surface area (Å²) in [6, 6.07) is 3.54. The van der Waals surface area contributed by atoms with Crippen molar-refractivity contribution in [1.29, 1.82) is 0 Å². The Morgan fingerprint density at radius 2 is 1.76 bits per heavy atom. The van der Waals surface area contributed by atoms with E-state index in [1.165, 1.54) is 31.2 Å². The minimum absolute atomic E-state index is 0.0772. The molecule has 2 heterocycles. The largest absolute Gasteiger partial charge is 0.370 e. The number of nitro groups is 2. The van der Waals surface area contributed by atoms with Crippen LogP contribution in [-0.4, -0.2) is 39.0 Å². The van der Waals surface area contributed by atoms with E-state index in [4.69, 9.17) is 5.73 Å². The minimum Gasteiger partial charge on any atom is -0.370 e. The molecule has 1 aromatic carbocycles. The Balaban J connectivity index is 0.000000253. The lowest BCUT2D eigenvalue weighted by Gasteiger charge is -2.22. The molecule has 2 aliphatic heterocycles. The van der Waals surface area contributed by atoms with E-state index in [1.807, 2.05) is 26.8 Å². The highest BCUT2D eigenvalue weighted by atomic mass is 16.6. The molecule has 1 atom stereocenters. The number of hydrazone groups is 1. The van der Waals surface area contributed by atoms with Gasteiger partial charge in [-0.3, -0.25) is 25.0 Å². The van der Waals surface area contributed by atoms with Gasteiger partial charge in [-0.2, -0.15) is 10.1 Å². The number of guanidine groups is 1. The van der Waals surface area contributed by atoms with Gasteiger partial charge >= 0.3 is 11.9 Å². The number of benzene rings is 1. The molecule has 154 valence electrons. The number of carbonyl (C=O) groups is 1. The van der Waals surface area contributed by atoms with Crippen molar-refractivity contribution in [2.45, 2.75) is 39.3 Å². The second-order valence-corrected chi connectivity index (χ2v) is 6.96. The second kappa shape index (κ2) is 8.04. The molecule has 0 bridgehead atoms. The van der Waals surface area contributed by atoms with Crippen molar-refractivity contribution in [3.8, 4) is 0 Å². The number of anilines is 1. The van der Waals surface area contributed by atoms with E-state index in [2.05, 4.69) is 15.4 Å². The first-order chi connectivity index (χ1) is 13.4. The molecule has 3 rings (SSSR count). The SMILES string of the molecule is CC1=CC(C)(C)N=C(N)N1.CC1=NN(c2ccc([N+](=O)[O-])cc2)C(=O)C1[N+](=O)[O-]. The molecule has 1 unspecified atom stereocenters. The van der Waals surface area contributed by atoms with E-state index >= 15 is 0 Å². The number of non-ortho nitro benzene ring substituents is 1. The molecule has 12 heteroatoms. The van der Waals surface area contributed by atoms with Gasteiger partial charge in [0.05, 0.1) is 16.1 Å². The Morgan fingerprint density at radius 3 is 2.17 bits per heavy atom. The van der Waals surface area contributed by atoms with Crippen LogP contribution in [0.15, 0.2) is 46.1 Å². The van der Waals surface area contributed by atoms with Gasteiger partial charge in [0.2, 0.25) is 0 Å². The first-order valence-corrected chi connectivity index (χ1v) is 8.50. The summed E-state index contributed by atoms with van der Waals surface area (Å²) in [6.07, 6.45) is 2.04. The predicted molar refractivity (Wildman–Crippen MR) is 107 cm³/mol. The van der Waals surface area contributed by atoms with Gasteiger partial charge in [-0.15, -0.1) is 0 Å². The van der Waals surface area contributed by atoms with Gasteiger partial charge in [-0.1, -0.05) is 0 Å². The third kappa shape index (κ3) is 5.12. The van der Waals surface area contributed by atoms with Gasteiger partial charge in [0.15, 0.2) is 5.96 Å². The van der Waals surface area contributed by atoms with E-state index in [1.54, 1.807) is 0 Å². The number of hydrogen-bond donors (Lipinski definition) is 2. The number of rotatable bonds is 3. The van der Waals surface area contributed by atoms with Crippen molar-refractivity contribution in [3.63, 3.8) is 0 Å². The first kappa shape index (κ1) is 21.5. The van der Waals surface area contributed by atoms with Gasteiger partial charge < -0.3 is 11.1 Å². The Hall–Kier alpha value is -3.83. The van der Waals surface area contributed by atoms with E-state index in [0.717, 1.165) is 10.7 Å². The lowest BCUT2D eigenvalue weighted by molar-refractivity contribution is -0.488. The van der Waals surface area contributed by atoms with Gasteiger partial charge in [0.1, 0.15) is 5.71 Å². The summed E-state index contributed by atoms with van der Waals surface area (Å²) in [7, 11) is 0. The van der Waals surface area contributed by atoms with E-state index < -0.39 is 21.8 Å². The molecule has 1 amide bonds. The highest BCUT2D eigenvalue weighted by Crippen LogP contribution is 2.24. The predicted octanol–water partition coefficient (Wildman–Crippen LogP) is 1.55. The molecule has 1 aromatic rings. The number of carbonyl (C=O) groups excluding carboxylic acids is 1. The van der Waals surface area contributed by atoms with Crippen molar-refractivity contribution in [2.75, 3.05) is 5.01 Å². The van der Waals surface area contributed by atoms with Crippen molar-refractivity contribution in [1.82, 2.24) is 5.32 Å². The number of nitrogens with zero attached hydrogens (tertiary/aromatic N) is 5. The van der Waals surface area contributed by atoms with Crippen LogP contribution in [0.2, 0.25) is 0 Å². The van der Waals surface area contributed by atoms with Gasteiger partial charge in [0.25, 0.3) is 5.69 Å². The smallest absolute Gasteiger partial charge is 0.331 e. The molecule has 2 aliphatic rings.